The summed E-state index contributed by atoms with van der Waals surface area (Å²) in [5, 5.41) is 0. The molecule has 4 rings (SSSR count). The Morgan fingerprint density at radius 2 is 1.77 bits per heavy atom. The highest BCUT2D eigenvalue weighted by atomic mass is 16.7. The number of carbonyl (C=O) groups is 1. The van der Waals surface area contributed by atoms with E-state index in [-0.39, 0.29) is 31.0 Å². The minimum Gasteiger partial charge on any atom is -0.481 e. The van der Waals surface area contributed by atoms with Crippen LogP contribution in [-0.2, 0) is 30.8 Å². The van der Waals surface area contributed by atoms with Crippen LogP contribution in [0.2, 0.25) is 0 Å². The Labute approximate surface area is 263 Å². The fourth-order valence-corrected chi connectivity index (χ4v) is 6.88. The molecule has 3 unspecified atom stereocenters. The van der Waals surface area contributed by atoms with Crippen molar-refractivity contribution in [1.29, 1.82) is 0 Å². The number of aryl methyl sites for hydroxylation is 1. The number of rotatable bonds is 14. The summed E-state index contributed by atoms with van der Waals surface area (Å²) in [6.45, 7) is 34.5. The van der Waals surface area contributed by atoms with Crippen LogP contribution in [0.15, 0.2) is 99.9 Å². The van der Waals surface area contributed by atoms with E-state index in [9.17, 15) is 4.79 Å². The van der Waals surface area contributed by atoms with Crippen molar-refractivity contribution in [3.63, 3.8) is 0 Å². The van der Waals surface area contributed by atoms with Gasteiger partial charge in [-0.15, -0.1) is 13.2 Å². The molecule has 2 heterocycles. The van der Waals surface area contributed by atoms with Crippen LogP contribution in [0.3, 0.4) is 0 Å². The minimum absolute atomic E-state index is 0.145. The second-order valence-electron chi connectivity index (χ2n) is 11.2. The average molecular weight is 604 g/mol. The van der Waals surface area contributed by atoms with Crippen LogP contribution >= 0.6 is 0 Å². The van der Waals surface area contributed by atoms with Crippen molar-refractivity contribution in [3.05, 3.63) is 111 Å². The predicted molar refractivity (Wildman–Crippen MR) is 176 cm³/mol. The third-order valence-corrected chi connectivity index (χ3v) is 8.67. The monoisotopic (exact) mass is 603 g/mol. The molecule has 1 aromatic rings. The van der Waals surface area contributed by atoms with Gasteiger partial charge in [-0.05, 0) is 76.3 Å². The Morgan fingerprint density at radius 3 is 2.41 bits per heavy atom. The molecular formula is C37H49NO6. The van der Waals surface area contributed by atoms with Gasteiger partial charge in [-0.3, -0.25) is 4.79 Å². The smallest absolute Gasteiger partial charge is 0.306 e. The third kappa shape index (κ3) is 6.23. The van der Waals surface area contributed by atoms with Crippen molar-refractivity contribution in [2.75, 3.05) is 19.8 Å². The SMILES string of the molecule is C=CC.C=CCCC(=O)OC12CCC(=C)[C@@H]3Oc4c(OC(=C)OCC=C)ccc(CC)c4C31CCN(C(=C)OCC=C)C2C. The van der Waals surface area contributed by atoms with Crippen molar-refractivity contribution in [2.24, 2.45) is 0 Å². The molecule has 44 heavy (non-hydrogen) atoms. The lowest BCUT2D eigenvalue weighted by Gasteiger charge is -2.61. The Kier molecular flexibility index (Phi) is 11.7. The van der Waals surface area contributed by atoms with Gasteiger partial charge in [0, 0.05) is 18.5 Å². The van der Waals surface area contributed by atoms with Gasteiger partial charge >= 0.3 is 5.97 Å². The first kappa shape index (κ1) is 34.4. The van der Waals surface area contributed by atoms with Gasteiger partial charge in [0.25, 0.3) is 5.95 Å². The van der Waals surface area contributed by atoms with Crippen molar-refractivity contribution in [1.82, 2.24) is 4.90 Å². The van der Waals surface area contributed by atoms with Gasteiger partial charge < -0.3 is 28.6 Å². The van der Waals surface area contributed by atoms with Gasteiger partial charge in [-0.2, -0.15) is 0 Å². The van der Waals surface area contributed by atoms with Gasteiger partial charge in [-0.25, -0.2) is 0 Å². The van der Waals surface area contributed by atoms with Crippen LogP contribution in [0, 0.1) is 0 Å². The predicted octanol–water partition coefficient (Wildman–Crippen LogP) is 7.86. The second-order valence-corrected chi connectivity index (χ2v) is 11.2. The van der Waals surface area contributed by atoms with E-state index in [1.54, 1.807) is 24.3 Å². The third-order valence-electron chi connectivity index (χ3n) is 8.67. The van der Waals surface area contributed by atoms with Crippen LogP contribution in [-0.4, -0.2) is 48.4 Å². The van der Waals surface area contributed by atoms with Crippen LogP contribution < -0.4 is 9.47 Å². The molecule has 0 radical (unpaired) electrons. The van der Waals surface area contributed by atoms with Crippen LogP contribution in [0.4, 0.5) is 0 Å². The first-order chi connectivity index (χ1) is 21.1. The molecule has 238 valence electrons. The number of fused-ring (bicyclic) bond motifs is 1. The Morgan fingerprint density at radius 1 is 1.09 bits per heavy atom. The fourth-order valence-electron chi connectivity index (χ4n) is 6.88. The normalized spacial score (nSPS) is 24.4. The molecule has 2 aliphatic heterocycles. The van der Waals surface area contributed by atoms with Crippen LogP contribution in [0.5, 0.6) is 11.5 Å². The fraction of sp³-hybridized carbons (Fsp3) is 0.432. The Hall–Kier alpha value is -4.13. The number of esters is 1. The summed E-state index contributed by atoms with van der Waals surface area (Å²) < 4.78 is 31.0. The van der Waals surface area contributed by atoms with E-state index in [0.29, 0.717) is 56.2 Å². The van der Waals surface area contributed by atoms with Crippen LogP contribution in [0.25, 0.3) is 0 Å². The number of benzene rings is 1. The molecule has 0 bridgehead atoms. The van der Waals surface area contributed by atoms with E-state index in [4.69, 9.17) is 23.7 Å². The average Bonchev–Trinajstić information content (AvgIpc) is 3.37. The lowest BCUT2D eigenvalue weighted by molar-refractivity contribution is -0.205. The van der Waals surface area contributed by atoms with E-state index >= 15 is 0 Å². The highest BCUT2D eigenvalue weighted by Crippen LogP contribution is 2.65. The van der Waals surface area contributed by atoms with Gasteiger partial charge in [0.05, 0.1) is 11.5 Å². The van der Waals surface area contributed by atoms with Crippen LogP contribution in [0.1, 0.15) is 64.0 Å². The molecule has 1 saturated heterocycles. The number of nitrogens with zero attached hydrogens (tertiary/aromatic N) is 1. The molecule has 1 aliphatic carbocycles. The maximum absolute atomic E-state index is 13.5. The van der Waals surface area contributed by atoms with Gasteiger partial charge in [0.1, 0.15) is 24.9 Å². The zero-order valence-corrected chi connectivity index (χ0v) is 26.8. The zero-order valence-electron chi connectivity index (χ0n) is 26.8. The molecule has 0 amide bonds. The van der Waals surface area contributed by atoms with E-state index < -0.39 is 17.1 Å². The molecule has 4 atom stereocenters. The molecule has 0 N–H and O–H groups in total. The lowest BCUT2D eigenvalue weighted by Crippen LogP contribution is -2.73. The number of likely N-dealkylation sites (tertiary alicyclic amines) is 1. The lowest BCUT2D eigenvalue weighted by atomic mass is 9.51. The summed E-state index contributed by atoms with van der Waals surface area (Å²) in [6, 6.07) is 3.67. The Balaban J connectivity index is 0.00000169. The molecule has 2 fully saturated rings. The number of carbonyl (C=O) groups excluding carboxylic acids is 1. The molecular weight excluding hydrogens is 554 g/mol. The van der Waals surface area contributed by atoms with Crippen molar-refractivity contribution in [2.45, 2.75) is 82.5 Å². The number of piperidine rings is 1. The number of hydrogen-bond donors (Lipinski definition) is 0. The zero-order chi connectivity index (χ0) is 32.5. The summed E-state index contributed by atoms with van der Waals surface area (Å²) in [5.41, 5.74) is 1.41. The highest BCUT2D eigenvalue weighted by Gasteiger charge is 2.72. The summed E-state index contributed by atoms with van der Waals surface area (Å²) in [4.78, 5) is 15.6. The molecule has 0 aromatic heterocycles. The van der Waals surface area contributed by atoms with E-state index in [0.717, 1.165) is 23.1 Å². The number of hydrogen-bond acceptors (Lipinski definition) is 7. The molecule has 1 saturated carbocycles. The number of ether oxygens (including phenoxy) is 5. The summed E-state index contributed by atoms with van der Waals surface area (Å²) >= 11 is 0. The van der Waals surface area contributed by atoms with E-state index in [1.807, 2.05) is 13.0 Å². The van der Waals surface area contributed by atoms with Gasteiger partial charge in [0.2, 0.25) is 0 Å². The van der Waals surface area contributed by atoms with E-state index in [1.165, 1.54) is 0 Å². The topological polar surface area (TPSA) is 66.5 Å². The standard InChI is InChI=1S/C34H43NO6.C3H6/c1-9-13-14-29(36)41-34-18-17-23(5)32-33(34,19-20-35(24(34)6)25(7)37-21-10-2)30-27(12-4)15-16-28(31(30)40-32)39-26(8)38-22-11-3;1-3-2/h9-11,15-16,24,32H,1-3,5,7-8,12-14,17-22H2,4,6H3;3H,1H2,2H3/t24?,32-,33?,34?;/m0./s1. The van der Waals surface area contributed by atoms with Crippen molar-refractivity contribution in [3.8, 4) is 11.5 Å². The molecule has 7 nitrogen and oxygen atoms in total. The Bertz CT molecular complexity index is 1300. The van der Waals surface area contributed by atoms with Crippen molar-refractivity contribution >= 4 is 5.97 Å². The maximum Gasteiger partial charge on any atom is 0.306 e. The quantitative estimate of drug-likeness (QED) is 0.122. The van der Waals surface area contributed by atoms with Gasteiger partial charge in [0.15, 0.2) is 17.4 Å². The first-order valence-electron chi connectivity index (χ1n) is 15.3. The van der Waals surface area contributed by atoms with Crippen molar-refractivity contribution < 1.29 is 28.5 Å². The van der Waals surface area contributed by atoms with Gasteiger partial charge in [-0.1, -0.05) is 57.0 Å². The summed E-state index contributed by atoms with van der Waals surface area (Å²) in [6.07, 6.45) is 9.77. The molecule has 1 aromatic carbocycles. The number of allylic oxidation sites excluding steroid dienone is 2. The minimum atomic E-state index is -0.958. The molecule has 3 aliphatic rings. The second kappa shape index (κ2) is 15.0. The maximum atomic E-state index is 13.5. The highest BCUT2D eigenvalue weighted by molar-refractivity contribution is 5.72. The molecule has 1 spiro atoms. The summed E-state index contributed by atoms with van der Waals surface area (Å²) in [5.74, 6) is 1.52. The largest absolute Gasteiger partial charge is 0.481 e. The summed E-state index contributed by atoms with van der Waals surface area (Å²) in [7, 11) is 0. The first-order valence-corrected chi connectivity index (χ1v) is 15.3. The molecule has 7 heteroatoms. The van der Waals surface area contributed by atoms with E-state index in [2.05, 4.69) is 70.9 Å².